The number of piperidine rings is 1. The number of allylic oxidation sites excluding steroid dienone is 6. The molecule has 3 aliphatic heterocycles. The van der Waals surface area contributed by atoms with E-state index in [2.05, 4.69) is 0 Å². The van der Waals surface area contributed by atoms with E-state index in [4.69, 9.17) is 28.4 Å². The summed E-state index contributed by atoms with van der Waals surface area (Å²) in [6.45, 7) is 16.4. The van der Waals surface area contributed by atoms with E-state index in [1.807, 2.05) is 71.9 Å². The summed E-state index contributed by atoms with van der Waals surface area (Å²) >= 11 is 0. The maximum Gasteiger partial charge on any atom is 0.329 e. The Bertz CT molecular complexity index is 1940. The van der Waals surface area contributed by atoms with Crippen molar-refractivity contribution in [2.45, 2.75) is 206 Å². The first kappa shape index (κ1) is 62.1. The SMILES string of the molecule is CO[C@@H]1C[C@H](C[C@@H](C)[C@@H]2CC(=O)[C@H](C)/C=C(\C)[C@@H](O)[C@@H](OC)C(=O)[C@H](C)C[C@H](C)/C=C/C=C/C=C(\C)C(OC(C)(C)CCO)C[C@@H]3CC[C@@H](C)[C@@](O)(O3)C(=O)C(=O)N3CCCC[C@H]3C(=O)O2)CC[C@H]1OCCO. The normalized spacial score (nSPS) is 37.5. The number of aliphatic hydroxyl groups excluding tert-OH is 3. The van der Waals surface area contributed by atoms with Gasteiger partial charge in [-0.1, -0.05) is 71.1 Å². The Kier molecular flexibility index (Phi) is 24.8. The fraction of sp³-hybridized carbons (Fsp3) is 0.772. The van der Waals surface area contributed by atoms with Crippen LogP contribution in [-0.2, 0) is 52.4 Å². The first-order chi connectivity index (χ1) is 34.5. The van der Waals surface area contributed by atoms with E-state index in [-0.39, 0.29) is 87.2 Å². The van der Waals surface area contributed by atoms with Crippen molar-refractivity contribution in [3.05, 3.63) is 47.6 Å². The summed E-state index contributed by atoms with van der Waals surface area (Å²) in [5.41, 5.74) is 0.447. The Hall–Kier alpha value is -3.45. The topological polar surface area (TPSA) is 225 Å². The monoisotopic (exact) mass is 1030 g/mol. The van der Waals surface area contributed by atoms with Crippen molar-refractivity contribution in [3.63, 3.8) is 0 Å². The van der Waals surface area contributed by atoms with E-state index in [1.54, 1.807) is 34.0 Å². The van der Waals surface area contributed by atoms with Crippen LogP contribution in [0.1, 0.15) is 146 Å². The molecular formula is C57H91NO15. The molecule has 1 saturated carbocycles. The number of carbonyl (C=O) groups is 5. The van der Waals surface area contributed by atoms with Gasteiger partial charge in [0.25, 0.3) is 11.7 Å². The third-order valence-corrected chi connectivity index (χ3v) is 15.8. The van der Waals surface area contributed by atoms with Crippen LogP contribution in [0.4, 0.5) is 0 Å². The van der Waals surface area contributed by atoms with Gasteiger partial charge in [0.1, 0.15) is 30.1 Å². The van der Waals surface area contributed by atoms with E-state index in [9.17, 15) is 44.4 Å². The lowest BCUT2D eigenvalue weighted by Gasteiger charge is -2.43. The maximum absolute atomic E-state index is 14.6. The lowest BCUT2D eigenvalue weighted by atomic mass is 9.78. The Labute approximate surface area is 435 Å². The van der Waals surface area contributed by atoms with Crippen molar-refractivity contribution in [2.24, 2.45) is 35.5 Å². The fourth-order valence-electron chi connectivity index (χ4n) is 11.1. The molecular weight excluding hydrogens is 939 g/mol. The van der Waals surface area contributed by atoms with Crippen molar-refractivity contribution in [1.82, 2.24) is 4.90 Å². The largest absolute Gasteiger partial charge is 0.460 e. The van der Waals surface area contributed by atoms with Gasteiger partial charge >= 0.3 is 5.97 Å². The average Bonchev–Trinajstić information content (AvgIpc) is 3.35. The zero-order valence-corrected chi connectivity index (χ0v) is 45.8. The van der Waals surface area contributed by atoms with Crippen LogP contribution in [0.25, 0.3) is 0 Å². The summed E-state index contributed by atoms with van der Waals surface area (Å²) in [5, 5.41) is 42.9. The molecule has 1 unspecified atom stereocenters. The van der Waals surface area contributed by atoms with Gasteiger partial charge in [-0.05, 0) is 127 Å². The van der Waals surface area contributed by atoms with Crippen molar-refractivity contribution < 1.29 is 72.8 Å². The third-order valence-electron chi connectivity index (χ3n) is 15.8. The number of rotatable bonds is 12. The first-order valence-electron chi connectivity index (χ1n) is 27.0. The summed E-state index contributed by atoms with van der Waals surface area (Å²) in [5.74, 6) is -8.27. The fourth-order valence-corrected chi connectivity index (χ4v) is 11.1. The first-order valence-corrected chi connectivity index (χ1v) is 27.0. The number of fused-ring (bicyclic) bond motifs is 3. The molecule has 0 aromatic carbocycles. The zero-order valence-electron chi connectivity index (χ0n) is 45.8. The van der Waals surface area contributed by atoms with Crippen molar-refractivity contribution in [2.75, 3.05) is 40.6 Å². The number of hydrogen-bond donors (Lipinski definition) is 4. The molecule has 1 aliphatic carbocycles. The summed E-state index contributed by atoms with van der Waals surface area (Å²) in [4.78, 5) is 72.8. The molecule has 3 fully saturated rings. The number of aliphatic hydroxyl groups is 4. The zero-order chi connectivity index (χ0) is 54.2. The number of amides is 1. The molecule has 0 aromatic heterocycles. The average molecular weight is 1030 g/mol. The Morgan fingerprint density at radius 3 is 2.26 bits per heavy atom. The van der Waals surface area contributed by atoms with E-state index in [0.29, 0.717) is 63.4 Å². The highest BCUT2D eigenvalue weighted by Gasteiger charge is 2.53. The van der Waals surface area contributed by atoms with Gasteiger partial charge in [-0.3, -0.25) is 19.2 Å². The number of hydrogen-bond acceptors (Lipinski definition) is 15. The van der Waals surface area contributed by atoms with Crippen LogP contribution in [0.15, 0.2) is 47.6 Å². The van der Waals surface area contributed by atoms with Crippen LogP contribution in [-0.4, -0.2) is 155 Å². The number of ether oxygens (including phenoxy) is 6. The highest BCUT2D eigenvalue weighted by molar-refractivity contribution is 6.39. The lowest BCUT2D eigenvalue weighted by molar-refractivity contribution is -0.267. The molecule has 73 heavy (non-hydrogen) atoms. The smallest absolute Gasteiger partial charge is 0.329 e. The van der Waals surface area contributed by atoms with Gasteiger partial charge in [0.15, 0.2) is 5.78 Å². The molecule has 16 nitrogen and oxygen atoms in total. The van der Waals surface area contributed by atoms with E-state index in [1.165, 1.54) is 12.0 Å². The molecule has 0 radical (unpaired) electrons. The van der Waals surface area contributed by atoms with Crippen LogP contribution in [0.2, 0.25) is 0 Å². The lowest BCUT2D eigenvalue weighted by Crippen LogP contribution is -2.61. The Balaban J connectivity index is 1.74. The Morgan fingerprint density at radius 2 is 1.59 bits per heavy atom. The number of esters is 1. The minimum absolute atomic E-state index is 0.0179. The summed E-state index contributed by atoms with van der Waals surface area (Å²) < 4.78 is 36.5. The predicted molar refractivity (Wildman–Crippen MR) is 276 cm³/mol. The van der Waals surface area contributed by atoms with Gasteiger partial charge in [-0.15, -0.1) is 0 Å². The van der Waals surface area contributed by atoms with Gasteiger partial charge in [-0.2, -0.15) is 0 Å². The molecule has 0 aromatic rings. The minimum atomic E-state index is -2.50. The third kappa shape index (κ3) is 17.5. The van der Waals surface area contributed by atoms with Crippen LogP contribution in [0.3, 0.4) is 0 Å². The molecule has 2 saturated heterocycles. The number of nitrogens with zero attached hydrogens (tertiary/aromatic N) is 1. The number of carbonyl (C=O) groups excluding carboxylic acids is 5. The Morgan fingerprint density at radius 1 is 0.863 bits per heavy atom. The molecule has 15 atom stereocenters. The van der Waals surface area contributed by atoms with E-state index in [0.717, 1.165) is 12.0 Å². The van der Waals surface area contributed by atoms with Crippen LogP contribution in [0.5, 0.6) is 0 Å². The predicted octanol–water partition coefficient (Wildman–Crippen LogP) is 6.73. The van der Waals surface area contributed by atoms with Crippen LogP contribution >= 0.6 is 0 Å². The second kappa shape index (κ2) is 29.2. The number of ketones is 3. The molecule has 16 heteroatoms. The van der Waals surface area contributed by atoms with Crippen LogP contribution < -0.4 is 0 Å². The van der Waals surface area contributed by atoms with Crippen molar-refractivity contribution in [3.8, 4) is 0 Å². The van der Waals surface area contributed by atoms with Gasteiger partial charge in [0.05, 0.1) is 43.2 Å². The summed E-state index contributed by atoms with van der Waals surface area (Å²) in [7, 11) is 3.00. The highest BCUT2D eigenvalue weighted by atomic mass is 16.6. The minimum Gasteiger partial charge on any atom is -0.460 e. The maximum atomic E-state index is 14.6. The molecule has 414 valence electrons. The number of methoxy groups -OCH3 is 2. The quantitative estimate of drug-likeness (QED) is 0.0904. The molecule has 4 rings (SSSR count). The number of cyclic esters (lactones) is 1. The van der Waals surface area contributed by atoms with Gasteiger partial charge in [-0.25, -0.2) is 4.79 Å². The molecule has 3 heterocycles. The standard InChI is InChI=1S/C57H91NO15/c1-35-17-13-12-14-18-36(2)48(73-56(8,9)24-26-59)33-43-22-20-41(7)57(67,72-43)53(64)54(65)58-25-16-15-19-44(58)55(66)71-47(38(4)31-42-21-23-46(70-28-27-60)49(32-42)68-10)34-45(61)37(3)30-40(6)51(63)52(69-11)50(62)39(5)29-35/h12-14,17-18,30,35,37-39,41-44,46-49,51-52,59-60,63,67H,15-16,19-29,31-34H2,1-11H3/b14-12+,17-13+,36-18+,40-30+/t35-,37-,38-,39-,41-,42+,43+,44+,46-,47+,48?,49-,51-,52+,57-/m1/s1. The van der Waals surface area contributed by atoms with Crippen molar-refractivity contribution in [1.29, 1.82) is 0 Å². The molecule has 1 amide bonds. The van der Waals surface area contributed by atoms with Gasteiger partial charge < -0.3 is 53.7 Å². The summed E-state index contributed by atoms with van der Waals surface area (Å²) in [6, 6.07) is -1.17. The molecule has 2 bridgehead atoms. The van der Waals surface area contributed by atoms with Crippen molar-refractivity contribution >= 4 is 29.2 Å². The van der Waals surface area contributed by atoms with Crippen LogP contribution in [0, 0.1) is 35.5 Å². The molecule has 0 spiro atoms. The van der Waals surface area contributed by atoms with E-state index < -0.39 is 83.4 Å². The second-order valence-electron chi connectivity index (χ2n) is 22.3. The van der Waals surface area contributed by atoms with Gasteiger partial charge in [0.2, 0.25) is 5.79 Å². The molecule has 4 aliphatic rings. The number of Topliss-reactive ketones (excluding diaryl/α,β-unsaturated/α-hetero) is 3. The molecule has 4 N–H and O–H groups in total. The second-order valence-corrected chi connectivity index (χ2v) is 22.3. The highest BCUT2D eigenvalue weighted by Crippen LogP contribution is 2.39. The summed E-state index contributed by atoms with van der Waals surface area (Å²) in [6.07, 6.45) is 11.6. The van der Waals surface area contributed by atoms with Gasteiger partial charge in [0, 0.05) is 58.0 Å². The van der Waals surface area contributed by atoms with E-state index >= 15 is 0 Å².